The number of hydrogen-bond donors (Lipinski definition) is 2. The van der Waals surface area contributed by atoms with Gasteiger partial charge < -0.3 is 15.8 Å². The van der Waals surface area contributed by atoms with Crippen molar-refractivity contribution in [2.24, 2.45) is 5.73 Å². The number of primary amides is 1. The number of carbonyl (C=O) groups is 3. The summed E-state index contributed by atoms with van der Waals surface area (Å²) in [6.45, 7) is 2.16. The number of halogens is 1. The lowest BCUT2D eigenvalue weighted by Crippen LogP contribution is -2.34. The van der Waals surface area contributed by atoms with Gasteiger partial charge in [0.25, 0.3) is 0 Å². The molecular formula is C20H20FN3O4. The van der Waals surface area contributed by atoms with Gasteiger partial charge in [-0.15, -0.1) is 0 Å². The van der Waals surface area contributed by atoms with E-state index >= 15 is 0 Å². The molecule has 146 valence electrons. The molecule has 0 aromatic heterocycles. The zero-order valence-electron chi connectivity index (χ0n) is 15.3. The lowest BCUT2D eigenvalue weighted by molar-refractivity contribution is -0.121. The molecule has 1 fully saturated rings. The lowest BCUT2D eigenvalue weighted by atomic mass is 10.0. The van der Waals surface area contributed by atoms with E-state index in [9.17, 15) is 18.8 Å². The van der Waals surface area contributed by atoms with Crippen LogP contribution in [0, 0.1) is 5.82 Å². The molecule has 2 aromatic rings. The summed E-state index contributed by atoms with van der Waals surface area (Å²) in [6, 6.07) is 10.7. The van der Waals surface area contributed by atoms with Gasteiger partial charge in [0.1, 0.15) is 11.9 Å². The van der Waals surface area contributed by atoms with Crippen LogP contribution in [0.2, 0.25) is 0 Å². The molecule has 3 rings (SSSR count). The van der Waals surface area contributed by atoms with E-state index in [-0.39, 0.29) is 19.0 Å². The SMILES string of the molecule is CCC(=O)NCC1CN(c2ccc(-c3ccc(C(N)=O)cc3)c(F)c2)C(=O)O1. The van der Waals surface area contributed by atoms with Gasteiger partial charge in [0.15, 0.2) is 0 Å². The van der Waals surface area contributed by atoms with Gasteiger partial charge in [0, 0.05) is 17.5 Å². The molecule has 3 N–H and O–H groups in total. The Morgan fingerprint density at radius 2 is 1.96 bits per heavy atom. The van der Waals surface area contributed by atoms with Gasteiger partial charge in [-0.1, -0.05) is 19.1 Å². The molecule has 2 aromatic carbocycles. The topological polar surface area (TPSA) is 102 Å². The van der Waals surface area contributed by atoms with E-state index in [4.69, 9.17) is 10.5 Å². The molecule has 28 heavy (non-hydrogen) atoms. The molecule has 0 bridgehead atoms. The number of nitrogens with two attached hydrogens (primary N) is 1. The number of cyclic esters (lactones) is 1. The average Bonchev–Trinajstić information content (AvgIpc) is 3.06. The Morgan fingerprint density at radius 3 is 2.57 bits per heavy atom. The molecule has 1 atom stereocenters. The highest BCUT2D eigenvalue weighted by Crippen LogP contribution is 2.29. The van der Waals surface area contributed by atoms with Crippen LogP contribution in [0.25, 0.3) is 11.1 Å². The smallest absolute Gasteiger partial charge is 0.414 e. The maximum absolute atomic E-state index is 14.6. The van der Waals surface area contributed by atoms with E-state index < -0.39 is 23.9 Å². The molecule has 1 aliphatic rings. The van der Waals surface area contributed by atoms with Crippen molar-refractivity contribution >= 4 is 23.6 Å². The van der Waals surface area contributed by atoms with E-state index in [0.29, 0.717) is 28.8 Å². The van der Waals surface area contributed by atoms with Gasteiger partial charge in [0.05, 0.1) is 18.8 Å². The molecule has 8 heteroatoms. The quantitative estimate of drug-likeness (QED) is 0.797. The van der Waals surface area contributed by atoms with E-state index in [2.05, 4.69) is 5.32 Å². The second-order valence-corrected chi connectivity index (χ2v) is 6.38. The Hall–Kier alpha value is -3.42. The van der Waals surface area contributed by atoms with Gasteiger partial charge in [-0.05, 0) is 35.9 Å². The van der Waals surface area contributed by atoms with Crippen LogP contribution in [0.5, 0.6) is 0 Å². The molecule has 0 aliphatic carbocycles. The lowest BCUT2D eigenvalue weighted by Gasteiger charge is -2.14. The van der Waals surface area contributed by atoms with Gasteiger partial charge in [-0.2, -0.15) is 0 Å². The second kappa shape index (κ2) is 8.08. The summed E-state index contributed by atoms with van der Waals surface area (Å²) in [6.07, 6.45) is -0.738. The van der Waals surface area contributed by atoms with Crippen LogP contribution in [0.4, 0.5) is 14.9 Å². The van der Waals surface area contributed by atoms with Crippen molar-refractivity contribution < 1.29 is 23.5 Å². The number of ether oxygens (including phenoxy) is 1. The summed E-state index contributed by atoms with van der Waals surface area (Å²) >= 11 is 0. The molecule has 1 saturated heterocycles. The van der Waals surface area contributed by atoms with Crippen LogP contribution in [-0.4, -0.2) is 37.1 Å². The first-order chi connectivity index (χ1) is 13.4. The standard InChI is InChI=1S/C20H20FN3O4/c1-2-18(25)23-10-15-11-24(20(27)28-15)14-7-8-16(17(21)9-14)12-3-5-13(6-4-12)19(22)26/h3-9,15H,2,10-11H2,1H3,(H2,22,26)(H,23,25). The maximum atomic E-state index is 14.6. The molecule has 3 amide bonds. The van der Waals surface area contributed by atoms with Crippen molar-refractivity contribution in [3.05, 3.63) is 53.8 Å². The third-order valence-corrected chi connectivity index (χ3v) is 4.47. The van der Waals surface area contributed by atoms with Crippen LogP contribution in [-0.2, 0) is 9.53 Å². The summed E-state index contributed by atoms with van der Waals surface area (Å²) in [5.41, 5.74) is 6.82. The first-order valence-corrected chi connectivity index (χ1v) is 8.83. The molecule has 7 nitrogen and oxygen atoms in total. The minimum absolute atomic E-state index is 0.132. The molecular weight excluding hydrogens is 365 g/mol. The van der Waals surface area contributed by atoms with Crippen molar-refractivity contribution in [2.75, 3.05) is 18.0 Å². The zero-order chi connectivity index (χ0) is 20.3. The molecule has 0 saturated carbocycles. The normalized spacial score (nSPS) is 16.0. The highest BCUT2D eigenvalue weighted by Gasteiger charge is 2.32. The predicted octanol–water partition coefficient (Wildman–Crippen LogP) is 2.44. The molecule has 0 spiro atoms. The first-order valence-electron chi connectivity index (χ1n) is 8.83. The Morgan fingerprint density at radius 1 is 1.25 bits per heavy atom. The summed E-state index contributed by atoms with van der Waals surface area (Å²) in [5.74, 6) is -1.20. The van der Waals surface area contributed by atoms with Crippen molar-refractivity contribution in [3.8, 4) is 11.1 Å². The fraction of sp³-hybridized carbons (Fsp3) is 0.250. The number of rotatable bonds is 6. The van der Waals surface area contributed by atoms with Crippen LogP contribution in [0.3, 0.4) is 0 Å². The molecule has 1 heterocycles. The van der Waals surface area contributed by atoms with Crippen LogP contribution < -0.4 is 16.0 Å². The fourth-order valence-corrected chi connectivity index (χ4v) is 2.91. The van der Waals surface area contributed by atoms with Gasteiger partial charge in [0.2, 0.25) is 11.8 Å². The number of nitrogens with zero attached hydrogens (tertiary/aromatic N) is 1. The monoisotopic (exact) mass is 385 g/mol. The largest absolute Gasteiger partial charge is 0.442 e. The van der Waals surface area contributed by atoms with Crippen LogP contribution >= 0.6 is 0 Å². The summed E-state index contributed by atoms with van der Waals surface area (Å²) < 4.78 is 19.9. The maximum Gasteiger partial charge on any atom is 0.414 e. The van der Waals surface area contributed by atoms with Crippen molar-refractivity contribution in [3.63, 3.8) is 0 Å². The van der Waals surface area contributed by atoms with E-state index in [1.165, 1.54) is 23.1 Å². The third kappa shape index (κ3) is 4.11. The van der Waals surface area contributed by atoms with Gasteiger partial charge in [-0.25, -0.2) is 9.18 Å². The Kier molecular flexibility index (Phi) is 5.58. The van der Waals surface area contributed by atoms with Crippen LogP contribution in [0.1, 0.15) is 23.7 Å². The van der Waals surface area contributed by atoms with Crippen LogP contribution in [0.15, 0.2) is 42.5 Å². The summed E-state index contributed by atoms with van der Waals surface area (Å²) in [4.78, 5) is 35.9. The number of nitrogens with one attached hydrogen (secondary N) is 1. The molecule has 1 aliphatic heterocycles. The highest BCUT2D eigenvalue weighted by atomic mass is 19.1. The molecule has 1 unspecified atom stereocenters. The van der Waals surface area contributed by atoms with Crippen molar-refractivity contribution in [2.45, 2.75) is 19.4 Å². The molecule has 0 radical (unpaired) electrons. The van der Waals surface area contributed by atoms with Gasteiger partial charge >= 0.3 is 6.09 Å². The minimum Gasteiger partial charge on any atom is -0.442 e. The predicted molar refractivity (Wildman–Crippen MR) is 101 cm³/mol. The van der Waals surface area contributed by atoms with Gasteiger partial charge in [-0.3, -0.25) is 14.5 Å². The van der Waals surface area contributed by atoms with Crippen molar-refractivity contribution in [1.29, 1.82) is 0 Å². The summed E-state index contributed by atoms with van der Waals surface area (Å²) in [7, 11) is 0. The second-order valence-electron chi connectivity index (χ2n) is 6.38. The van der Waals surface area contributed by atoms with E-state index in [1.807, 2.05) is 0 Å². The minimum atomic E-state index is -0.589. The fourth-order valence-electron chi connectivity index (χ4n) is 2.91. The number of anilines is 1. The van der Waals surface area contributed by atoms with E-state index in [1.54, 1.807) is 31.2 Å². The zero-order valence-corrected chi connectivity index (χ0v) is 15.3. The van der Waals surface area contributed by atoms with E-state index in [0.717, 1.165) is 0 Å². The average molecular weight is 385 g/mol. The number of hydrogen-bond acceptors (Lipinski definition) is 4. The number of amides is 3. The Bertz CT molecular complexity index is 914. The Labute approximate surface area is 161 Å². The third-order valence-electron chi connectivity index (χ3n) is 4.47. The summed E-state index contributed by atoms with van der Waals surface area (Å²) in [5, 5.41) is 2.67. The van der Waals surface area contributed by atoms with Crippen molar-refractivity contribution in [1.82, 2.24) is 5.32 Å². The number of benzene rings is 2. The first kappa shape index (κ1) is 19.3. The number of carbonyl (C=O) groups excluding carboxylic acids is 3. The highest BCUT2D eigenvalue weighted by molar-refractivity contribution is 5.93. The Balaban J connectivity index is 1.74.